The van der Waals surface area contributed by atoms with E-state index < -0.39 is 0 Å². The number of aromatic nitrogens is 1. The number of nitrogens with zero attached hydrogens (tertiary/aromatic N) is 1. The lowest BCUT2D eigenvalue weighted by Gasteiger charge is -2.06. The summed E-state index contributed by atoms with van der Waals surface area (Å²) in [6.45, 7) is 4.38. The number of anilines is 1. The molecule has 0 aliphatic heterocycles. The average Bonchev–Trinajstić information content (AvgIpc) is 2.96. The fraction of sp³-hybridized carbons (Fsp3) is 0.158. The van der Waals surface area contributed by atoms with Crippen LogP contribution in [0.5, 0.6) is 0 Å². The summed E-state index contributed by atoms with van der Waals surface area (Å²) >= 11 is 1.57. The van der Waals surface area contributed by atoms with Crippen LogP contribution in [0.1, 0.15) is 16.1 Å². The molecule has 0 atom stereocenters. The number of benzene rings is 2. The van der Waals surface area contributed by atoms with Crippen LogP contribution in [0.3, 0.4) is 0 Å². The van der Waals surface area contributed by atoms with Crippen molar-refractivity contribution in [3.05, 3.63) is 70.5 Å². The molecule has 1 heterocycles. The summed E-state index contributed by atoms with van der Waals surface area (Å²) in [6, 6.07) is 13.4. The van der Waals surface area contributed by atoms with Crippen molar-refractivity contribution in [3.63, 3.8) is 0 Å². The largest absolute Gasteiger partial charge is 0.333 e. The summed E-state index contributed by atoms with van der Waals surface area (Å²) < 4.78 is 12.9. The molecular formula is C19H18FN3OS. The Morgan fingerprint density at radius 3 is 2.56 bits per heavy atom. The van der Waals surface area contributed by atoms with Crippen LogP contribution in [0.15, 0.2) is 48.5 Å². The summed E-state index contributed by atoms with van der Waals surface area (Å²) in [5.41, 5.74) is 3.73. The highest BCUT2D eigenvalue weighted by Crippen LogP contribution is 2.29. The van der Waals surface area contributed by atoms with Crippen molar-refractivity contribution in [3.8, 4) is 10.6 Å². The molecule has 1 aromatic heterocycles. The summed E-state index contributed by atoms with van der Waals surface area (Å²) in [6.07, 6.45) is 0. The van der Waals surface area contributed by atoms with E-state index in [9.17, 15) is 9.18 Å². The Kier molecular flexibility index (Phi) is 5.09. The third-order valence-electron chi connectivity index (χ3n) is 3.78. The molecular weight excluding hydrogens is 337 g/mol. The first-order chi connectivity index (χ1) is 12.0. The maximum Gasteiger partial charge on any atom is 0.319 e. The summed E-state index contributed by atoms with van der Waals surface area (Å²) in [5, 5.41) is 6.43. The van der Waals surface area contributed by atoms with Crippen LogP contribution in [-0.2, 0) is 6.54 Å². The van der Waals surface area contributed by atoms with Crippen molar-refractivity contribution in [2.45, 2.75) is 20.4 Å². The predicted molar refractivity (Wildman–Crippen MR) is 99.3 cm³/mol. The molecule has 2 aromatic carbocycles. The first-order valence-corrected chi connectivity index (χ1v) is 8.67. The smallest absolute Gasteiger partial charge is 0.319 e. The minimum atomic E-state index is -0.338. The monoisotopic (exact) mass is 355 g/mol. The van der Waals surface area contributed by atoms with Crippen LogP contribution >= 0.6 is 11.3 Å². The van der Waals surface area contributed by atoms with Gasteiger partial charge >= 0.3 is 6.03 Å². The lowest BCUT2D eigenvalue weighted by atomic mass is 10.1. The van der Waals surface area contributed by atoms with Crippen LogP contribution in [0.4, 0.5) is 14.9 Å². The molecule has 0 unspecified atom stereocenters. The van der Waals surface area contributed by atoms with Gasteiger partial charge in [0.25, 0.3) is 0 Å². The second-order valence-corrected chi connectivity index (χ2v) is 6.74. The zero-order valence-electron chi connectivity index (χ0n) is 14.0. The van der Waals surface area contributed by atoms with Gasteiger partial charge in [-0.05, 0) is 43.7 Å². The molecule has 0 aliphatic rings. The van der Waals surface area contributed by atoms with Gasteiger partial charge in [0.2, 0.25) is 0 Å². The molecule has 0 aliphatic carbocycles. The molecule has 0 spiro atoms. The average molecular weight is 355 g/mol. The van der Waals surface area contributed by atoms with E-state index >= 15 is 0 Å². The number of urea groups is 1. The van der Waals surface area contributed by atoms with E-state index in [0.717, 1.165) is 21.1 Å². The predicted octanol–water partition coefficient (Wildman–Crippen LogP) is 4.89. The highest BCUT2D eigenvalue weighted by molar-refractivity contribution is 7.15. The lowest BCUT2D eigenvalue weighted by molar-refractivity contribution is 0.252. The van der Waals surface area contributed by atoms with Gasteiger partial charge in [-0.15, -0.1) is 11.3 Å². The number of rotatable bonds is 4. The number of carbonyl (C=O) groups excluding carboxylic acids is 1. The molecule has 3 aromatic rings. The van der Waals surface area contributed by atoms with Gasteiger partial charge in [0.15, 0.2) is 0 Å². The standard InChI is InChI=1S/C19H18FN3OS/c1-12-5-3-4-6-16(12)18-22-13(2)17(25-18)11-21-19(24)23-15-9-7-14(20)8-10-15/h3-10H,11H2,1-2H3,(H2,21,23,24). The van der Waals surface area contributed by atoms with Gasteiger partial charge < -0.3 is 10.6 Å². The Bertz CT molecular complexity index is 890. The van der Waals surface area contributed by atoms with Crippen molar-refractivity contribution >= 4 is 23.1 Å². The topological polar surface area (TPSA) is 54.0 Å². The number of carbonyl (C=O) groups is 1. The fourth-order valence-electron chi connectivity index (χ4n) is 2.39. The molecule has 0 fully saturated rings. The van der Waals surface area contributed by atoms with Crippen LogP contribution in [0.2, 0.25) is 0 Å². The van der Waals surface area contributed by atoms with Gasteiger partial charge in [-0.3, -0.25) is 0 Å². The van der Waals surface area contributed by atoms with E-state index in [0.29, 0.717) is 12.2 Å². The first kappa shape index (κ1) is 17.1. The number of hydrogen-bond acceptors (Lipinski definition) is 3. The highest BCUT2D eigenvalue weighted by atomic mass is 32.1. The molecule has 3 rings (SSSR count). The zero-order valence-corrected chi connectivity index (χ0v) is 14.8. The Labute approximate surface area is 149 Å². The number of amides is 2. The second-order valence-electron chi connectivity index (χ2n) is 5.66. The molecule has 4 nitrogen and oxygen atoms in total. The Balaban J connectivity index is 1.64. The van der Waals surface area contributed by atoms with Gasteiger partial charge in [0, 0.05) is 16.1 Å². The molecule has 0 bridgehead atoms. The highest BCUT2D eigenvalue weighted by Gasteiger charge is 2.12. The zero-order chi connectivity index (χ0) is 17.8. The molecule has 128 valence electrons. The number of hydrogen-bond donors (Lipinski definition) is 2. The Hall–Kier alpha value is -2.73. The van der Waals surface area contributed by atoms with Crippen molar-refractivity contribution in [2.75, 3.05) is 5.32 Å². The molecule has 2 N–H and O–H groups in total. The third-order valence-corrected chi connectivity index (χ3v) is 4.97. The van der Waals surface area contributed by atoms with Gasteiger partial charge in [-0.1, -0.05) is 24.3 Å². The van der Waals surface area contributed by atoms with Crippen LogP contribution in [-0.4, -0.2) is 11.0 Å². The van der Waals surface area contributed by atoms with Crippen LogP contribution in [0.25, 0.3) is 10.6 Å². The molecule has 6 heteroatoms. The van der Waals surface area contributed by atoms with Crippen molar-refractivity contribution in [1.82, 2.24) is 10.3 Å². The molecule has 0 radical (unpaired) electrons. The van der Waals surface area contributed by atoms with E-state index in [1.807, 2.05) is 25.1 Å². The van der Waals surface area contributed by atoms with Crippen molar-refractivity contribution < 1.29 is 9.18 Å². The summed E-state index contributed by atoms with van der Waals surface area (Å²) in [7, 11) is 0. The van der Waals surface area contributed by atoms with E-state index in [4.69, 9.17) is 0 Å². The van der Waals surface area contributed by atoms with Crippen LogP contribution in [0, 0.1) is 19.7 Å². The quantitative estimate of drug-likeness (QED) is 0.700. The third kappa shape index (κ3) is 4.22. The van der Waals surface area contributed by atoms with E-state index in [-0.39, 0.29) is 11.8 Å². The molecule has 25 heavy (non-hydrogen) atoms. The Morgan fingerprint density at radius 1 is 1.12 bits per heavy atom. The fourth-order valence-corrected chi connectivity index (χ4v) is 3.48. The van der Waals surface area contributed by atoms with Gasteiger partial charge in [-0.25, -0.2) is 14.2 Å². The molecule has 2 amide bonds. The van der Waals surface area contributed by atoms with Gasteiger partial charge in [0.05, 0.1) is 12.2 Å². The maximum atomic E-state index is 12.9. The minimum absolute atomic E-state index is 0.336. The number of aryl methyl sites for hydroxylation is 2. The summed E-state index contributed by atoms with van der Waals surface area (Å²) in [4.78, 5) is 17.6. The van der Waals surface area contributed by atoms with Crippen LogP contribution < -0.4 is 10.6 Å². The number of thiazole rings is 1. The Morgan fingerprint density at radius 2 is 1.84 bits per heavy atom. The SMILES string of the molecule is Cc1ccccc1-c1nc(C)c(CNC(=O)Nc2ccc(F)cc2)s1. The minimum Gasteiger partial charge on any atom is -0.333 e. The number of halogens is 1. The van der Waals surface area contributed by atoms with E-state index in [1.54, 1.807) is 11.3 Å². The van der Waals surface area contributed by atoms with E-state index in [2.05, 4.69) is 28.6 Å². The lowest BCUT2D eigenvalue weighted by Crippen LogP contribution is -2.28. The molecule has 0 saturated carbocycles. The van der Waals surface area contributed by atoms with E-state index in [1.165, 1.54) is 29.8 Å². The first-order valence-electron chi connectivity index (χ1n) is 7.85. The van der Waals surface area contributed by atoms with Gasteiger partial charge in [0.1, 0.15) is 10.8 Å². The second kappa shape index (κ2) is 7.44. The normalized spacial score (nSPS) is 10.5. The molecule has 0 saturated heterocycles. The summed E-state index contributed by atoms with van der Waals surface area (Å²) in [5.74, 6) is -0.338. The maximum absolute atomic E-state index is 12.9. The number of nitrogens with one attached hydrogen (secondary N) is 2. The van der Waals surface area contributed by atoms with Crippen molar-refractivity contribution in [1.29, 1.82) is 0 Å². The van der Waals surface area contributed by atoms with Crippen molar-refractivity contribution in [2.24, 2.45) is 0 Å². The van der Waals surface area contributed by atoms with Gasteiger partial charge in [-0.2, -0.15) is 0 Å².